The van der Waals surface area contributed by atoms with Crippen molar-refractivity contribution in [3.63, 3.8) is 0 Å². The van der Waals surface area contributed by atoms with Crippen LogP contribution in [0, 0.1) is 0 Å². The van der Waals surface area contributed by atoms with Crippen LogP contribution in [0.15, 0.2) is 241 Å². The molecule has 12 rings (SSSR count). The van der Waals surface area contributed by atoms with Crippen LogP contribution in [0.25, 0.3) is 66.1 Å². The highest BCUT2D eigenvalue weighted by Gasteiger charge is 2.47. The molecule has 1 aromatic heterocycles. The predicted molar refractivity (Wildman–Crippen MR) is 254 cm³/mol. The fourth-order valence-electron chi connectivity index (χ4n) is 9.99. The van der Waals surface area contributed by atoms with Crippen LogP contribution in [-0.4, -0.2) is 0 Å². The smallest absolute Gasteiger partial charge is 0.135 e. The first-order valence-corrected chi connectivity index (χ1v) is 21.0. The highest BCUT2D eigenvalue weighted by molar-refractivity contribution is 6.06. The summed E-state index contributed by atoms with van der Waals surface area (Å²) in [6, 6.07) is 86.2. The average molecular weight is 778 g/mol. The molecule has 2 heteroatoms. The molecule has 0 saturated heterocycles. The second kappa shape index (κ2) is 14.1. The van der Waals surface area contributed by atoms with Crippen LogP contribution in [0.3, 0.4) is 0 Å². The Hall–Kier alpha value is -7.94. The van der Waals surface area contributed by atoms with Crippen molar-refractivity contribution in [2.75, 3.05) is 4.90 Å². The third-order valence-corrected chi connectivity index (χ3v) is 12.7. The van der Waals surface area contributed by atoms with Gasteiger partial charge in [-0.3, -0.25) is 0 Å². The quantitative estimate of drug-likeness (QED) is 0.160. The number of para-hydroxylation sites is 1. The van der Waals surface area contributed by atoms with Gasteiger partial charge in [-0.25, -0.2) is 0 Å². The summed E-state index contributed by atoms with van der Waals surface area (Å²) in [5.41, 5.74) is 16.8. The summed E-state index contributed by atoms with van der Waals surface area (Å²) in [5.74, 6) is 0. The van der Waals surface area contributed by atoms with Crippen molar-refractivity contribution < 1.29 is 4.42 Å². The van der Waals surface area contributed by atoms with Gasteiger partial charge in [0.2, 0.25) is 0 Å². The Morgan fingerprint density at radius 2 is 0.951 bits per heavy atom. The van der Waals surface area contributed by atoms with Crippen LogP contribution >= 0.6 is 0 Å². The van der Waals surface area contributed by atoms with E-state index in [9.17, 15) is 0 Å². The van der Waals surface area contributed by atoms with E-state index < -0.39 is 5.41 Å². The number of hydrogen-bond acceptors (Lipinski definition) is 2. The molecule has 0 aliphatic heterocycles. The van der Waals surface area contributed by atoms with Gasteiger partial charge in [-0.2, -0.15) is 0 Å². The Kier molecular flexibility index (Phi) is 8.11. The predicted octanol–water partition coefficient (Wildman–Crippen LogP) is 15.9. The second-order valence-electron chi connectivity index (χ2n) is 16.0. The minimum absolute atomic E-state index is 0.511. The summed E-state index contributed by atoms with van der Waals surface area (Å²) in [6.45, 7) is 0. The lowest BCUT2D eigenvalue weighted by Crippen LogP contribution is -2.28. The first-order chi connectivity index (χ1) is 30.2. The van der Waals surface area contributed by atoms with Gasteiger partial charge in [0.05, 0.1) is 11.1 Å². The molecule has 2 nitrogen and oxygen atoms in total. The third-order valence-electron chi connectivity index (χ3n) is 12.7. The van der Waals surface area contributed by atoms with Crippen LogP contribution in [0.1, 0.15) is 22.3 Å². The molecule has 1 aliphatic carbocycles. The number of nitrogens with zero attached hydrogens (tertiary/aromatic N) is 1. The maximum Gasteiger partial charge on any atom is 0.135 e. The fourth-order valence-corrected chi connectivity index (χ4v) is 9.99. The molecule has 0 radical (unpaired) electrons. The summed E-state index contributed by atoms with van der Waals surface area (Å²) in [7, 11) is 0. The van der Waals surface area contributed by atoms with Crippen molar-refractivity contribution >= 4 is 49.8 Å². The number of anilines is 3. The second-order valence-corrected chi connectivity index (χ2v) is 16.0. The van der Waals surface area contributed by atoms with Crippen LogP contribution < -0.4 is 4.90 Å². The van der Waals surface area contributed by atoms with E-state index in [1.54, 1.807) is 0 Å². The van der Waals surface area contributed by atoms with E-state index >= 15 is 0 Å². The van der Waals surface area contributed by atoms with Crippen molar-refractivity contribution in [1.82, 2.24) is 0 Å². The van der Waals surface area contributed by atoms with E-state index in [1.807, 2.05) is 12.1 Å². The van der Waals surface area contributed by atoms with Crippen molar-refractivity contribution in [2.24, 2.45) is 0 Å². The highest BCUT2D eigenvalue weighted by atomic mass is 16.3. The van der Waals surface area contributed by atoms with Gasteiger partial charge < -0.3 is 9.32 Å². The Labute approximate surface area is 355 Å². The summed E-state index contributed by atoms with van der Waals surface area (Å²) in [4.78, 5) is 2.46. The first kappa shape index (κ1) is 35.0. The summed E-state index contributed by atoms with van der Waals surface area (Å²) in [5, 5.41) is 4.73. The van der Waals surface area contributed by atoms with Gasteiger partial charge >= 0.3 is 0 Å². The summed E-state index contributed by atoms with van der Waals surface area (Å²) >= 11 is 0. The third kappa shape index (κ3) is 5.57. The maximum absolute atomic E-state index is 6.18. The number of benzene rings is 10. The van der Waals surface area contributed by atoms with E-state index in [2.05, 4.69) is 229 Å². The molecule has 1 aliphatic rings. The van der Waals surface area contributed by atoms with Crippen LogP contribution in [-0.2, 0) is 5.41 Å². The van der Waals surface area contributed by atoms with Gasteiger partial charge in [-0.15, -0.1) is 0 Å². The molecule has 10 aromatic carbocycles. The lowest BCUT2D eigenvalue weighted by atomic mass is 9.68. The Bertz CT molecular complexity index is 3380. The van der Waals surface area contributed by atoms with Crippen LogP contribution in [0.5, 0.6) is 0 Å². The molecular weight excluding hydrogens is 739 g/mol. The molecular formula is C59H39NO. The largest absolute Gasteiger partial charge is 0.456 e. The molecule has 0 bridgehead atoms. The topological polar surface area (TPSA) is 16.4 Å². The number of rotatable bonds is 7. The lowest BCUT2D eigenvalue weighted by molar-refractivity contribution is 0.669. The van der Waals surface area contributed by atoms with Gasteiger partial charge in [0, 0.05) is 27.7 Å². The van der Waals surface area contributed by atoms with Crippen LogP contribution in [0.4, 0.5) is 17.1 Å². The number of fused-ring (bicyclic) bond motifs is 7. The van der Waals surface area contributed by atoms with Crippen molar-refractivity contribution in [2.45, 2.75) is 5.41 Å². The summed E-state index contributed by atoms with van der Waals surface area (Å²) in [6.07, 6.45) is 0. The molecule has 11 aromatic rings. The minimum Gasteiger partial charge on any atom is -0.456 e. The Balaban J connectivity index is 1.07. The van der Waals surface area contributed by atoms with Gasteiger partial charge in [-0.05, 0) is 115 Å². The molecule has 0 N–H and O–H groups in total. The first-order valence-electron chi connectivity index (χ1n) is 21.0. The van der Waals surface area contributed by atoms with E-state index in [4.69, 9.17) is 4.42 Å². The number of hydrogen-bond donors (Lipinski definition) is 0. The molecule has 61 heavy (non-hydrogen) atoms. The van der Waals surface area contributed by atoms with E-state index in [1.165, 1.54) is 55.3 Å². The fraction of sp³-hybridized carbons (Fsp3) is 0.0169. The van der Waals surface area contributed by atoms with Gasteiger partial charge in [-0.1, -0.05) is 182 Å². The molecule has 0 fully saturated rings. The minimum atomic E-state index is -0.511. The van der Waals surface area contributed by atoms with Crippen molar-refractivity contribution in [1.29, 1.82) is 0 Å². The van der Waals surface area contributed by atoms with Gasteiger partial charge in [0.1, 0.15) is 11.2 Å². The zero-order valence-corrected chi connectivity index (χ0v) is 33.4. The monoisotopic (exact) mass is 777 g/mol. The standard InChI is InChI=1S/C59H39NO/c1-3-18-46(19-4-1)59(47-20-5-2-6-21-47)53-25-11-9-24-51(53)58-54(59)26-14-27-55(58)60(49-22-13-17-43(38-49)44-30-29-40-15-7-8-16-42(40)37-44)48-34-31-41(32-35-48)45-33-36-57-52(39-45)50-23-10-12-28-56(50)61-57/h1-39H. The van der Waals surface area contributed by atoms with E-state index in [0.717, 1.165) is 50.1 Å². The average Bonchev–Trinajstić information content (AvgIpc) is 3.86. The van der Waals surface area contributed by atoms with Crippen LogP contribution in [0.2, 0.25) is 0 Å². The molecule has 0 saturated carbocycles. The lowest BCUT2D eigenvalue weighted by Gasteiger charge is -2.34. The van der Waals surface area contributed by atoms with Gasteiger partial charge in [0.15, 0.2) is 0 Å². The SMILES string of the molecule is c1ccc(C2(c3ccccc3)c3ccccc3-c3c(N(c4ccc(-c5ccc6oc7ccccc7c6c5)cc4)c4cccc(-c5ccc6ccccc6c5)c4)cccc32)cc1. The Morgan fingerprint density at radius 1 is 0.344 bits per heavy atom. The molecule has 286 valence electrons. The highest BCUT2D eigenvalue weighted by Crippen LogP contribution is 2.59. The van der Waals surface area contributed by atoms with E-state index in [-0.39, 0.29) is 0 Å². The van der Waals surface area contributed by atoms with Crippen molar-refractivity contribution in [3.8, 4) is 33.4 Å². The molecule has 0 unspecified atom stereocenters. The zero-order chi connectivity index (χ0) is 40.3. The summed E-state index contributed by atoms with van der Waals surface area (Å²) < 4.78 is 6.18. The Morgan fingerprint density at radius 3 is 1.77 bits per heavy atom. The molecule has 0 atom stereocenters. The zero-order valence-electron chi connectivity index (χ0n) is 33.4. The molecule has 1 heterocycles. The van der Waals surface area contributed by atoms with E-state index in [0.29, 0.717) is 0 Å². The molecule has 0 amide bonds. The van der Waals surface area contributed by atoms with Crippen molar-refractivity contribution in [3.05, 3.63) is 259 Å². The normalized spacial score (nSPS) is 12.7. The molecule has 0 spiro atoms. The number of furan rings is 1. The maximum atomic E-state index is 6.18. The van der Waals surface area contributed by atoms with Gasteiger partial charge in [0.25, 0.3) is 0 Å².